The number of aromatic nitrogens is 3. The highest BCUT2D eigenvalue weighted by atomic mass is 32.2. The molecule has 0 unspecified atom stereocenters. The number of halogens is 3. The Bertz CT molecular complexity index is 1510. The number of hydrogen-bond donors (Lipinski definition) is 2. The van der Waals surface area contributed by atoms with Gasteiger partial charge in [-0.25, -0.2) is 17.8 Å². The first kappa shape index (κ1) is 22.4. The predicted molar refractivity (Wildman–Crippen MR) is 115 cm³/mol. The molecule has 33 heavy (non-hydrogen) atoms. The summed E-state index contributed by atoms with van der Waals surface area (Å²) in [5.74, 6) is -0.462. The van der Waals surface area contributed by atoms with Crippen molar-refractivity contribution in [3.63, 3.8) is 0 Å². The van der Waals surface area contributed by atoms with Gasteiger partial charge < -0.3 is 10.4 Å². The van der Waals surface area contributed by atoms with Gasteiger partial charge in [-0.15, -0.1) is 0 Å². The Balaban J connectivity index is 1.76. The third kappa shape index (κ3) is 3.82. The van der Waals surface area contributed by atoms with Crippen LogP contribution in [0.15, 0.2) is 70.6 Å². The van der Waals surface area contributed by atoms with Gasteiger partial charge in [0.05, 0.1) is 40.7 Å². The average Bonchev–Trinajstić information content (AvgIpc) is 3.06. The van der Waals surface area contributed by atoms with Crippen LogP contribution in [0.2, 0.25) is 0 Å². The second-order valence-electron chi connectivity index (χ2n) is 7.09. The van der Waals surface area contributed by atoms with Gasteiger partial charge in [0.1, 0.15) is 0 Å². The van der Waals surface area contributed by atoms with Gasteiger partial charge in [0, 0.05) is 18.0 Å². The van der Waals surface area contributed by atoms with Crippen molar-refractivity contribution in [3.05, 3.63) is 77.0 Å². The van der Waals surface area contributed by atoms with Crippen molar-refractivity contribution >= 4 is 26.4 Å². The Morgan fingerprint density at radius 3 is 2.39 bits per heavy atom. The van der Waals surface area contributed by atoms with Crippen LogP contribution in [-0.2, 0) is 16.4 Å². The summed E-state index contributed by atoms with van der Waals surface area (Å²) in [6.45, 7) is 0.0686. The fourth-order valence-corrected chi connectivity index (χ4v) is 4.26. The van der Waals surface area contributed by atoms with Crippen molar-refractivity contribution in [2.24, 2.45) is 0 Å². The first-order chi connectivity index (χ1) is 15.5. The highest BCUT2D eigenvalue weighted by molar-refractivity contribution is 7.92. The van der Waals surface area contributed by atoms with Crippen molar-refractivity contribution < 1.29 is 26.7 Å². The largest absolute Gasteiger partial charge is 0.501 e. The second-order valence-corrected chi connectivity index (χ2v) is 9.04. The summed E-state index contributed by atoms with van der Waals surface area (Å²) >= 11 is 0. The smallest absolute Gasteiger partial charge is 0.493 e. The zero-order valence-electron chi connectivity index (χ0n) is 17.0. The normalized spacial score (nSPS) is 12.2. The number of alkyl halides is 3. The number of nitrogens with one attached hydrogen (secondary N) is 1. The second kappa shape index (κ2) is 7.96. The quantitative estimate of drug-likeness (QED) is 0.456. The topological polar surface area (TPSA) is 106 Å². The molecule has 172 valence electrons. The Morgan fingerprint density at radius 1 is 1.09 bits per heavy atom. The first-order valence-electron chi connectivity index (χ1n) is 9.52. The van der Waals surface area contributed by atoms with Gasteiger partial charge in [-0.05, 0) is 30.3 Å². The summed E-state index contributed by atoms with van der Waals surface area (Å²) in [6.07, 6.45) is 2.82. The summed E-state index contributed by atoms with van der Waals surface area (Å²) in [5, 5.41) is 14.2. The van der Waals surface area contributed by atoms with Crippen molar-refractivity contribution in [2.75, 3.05) is 12.4 Å². The highest BCUT2D eigenvalue weighted by Gasteiger charge is 2.46. The van der Waals surface area contributed by atoms with Gasteiger partial charge in [0.15, 0.2) is 0 Å². The van der Waals surface area contributed by atoms with E-state index >= 15 is 0 Å². The number of imidazole rings is 1. The maximum absolute atomic E-state index is 13.0. The molecule has 4 rings (SSSR count). The predicted octanol–water partition coefficient (Wildman–Crippen LogP) is 3.28. The van der Waals surface area contributed by atoms with E-state index in [2.05, 4.69) is 10.3 Å². The molecule has 0 spiro atoms. The SMILES string of the molecule is CNc1cnc2ccccc2c1Cn1cc(O)n(-c2ccc(S(=O)(=O)C(F)(F)F)cc2)c1=O. The molecular weight excluding hydrogens is 461 g/mol. The number of fused-ring (bicyclic) bond motifs is 1. The molecule has 0 saturated carbocycles. The number of pyridine rings is 1. The van der Waals surface area contributed by atoms with E-state index in [-0.39, 0.29) is 12.2 Å². The molecule has 2 aromatic heterocycles. The van der Waals surface area contributed by atoms with Crippen LogP contribution in [0, 0.1) is 0 Å². The Labute approximate surface area is 185 Å². The lowest BCUT2D eigenvalue weighted by atomic mass is 10.1. The Hall–Kier alpha value is -3.80. The fourth-order valence-electron chi connectivity index (χ4n) is 3.50. The summed E-state index contributed by atoms with van der Waals surface area (Å²) in [5.41, 5.74) is -3.98. The number of para-hydroxylation sites is 1. The maximum atomic E-state index is 13.0. The minimum absolute atomic E-state index is 0.00537. The molecule has 0 aliphatic carbocycles. The summed E-state index contributed by atoms with van der Waals surface area (Å²) in [7, 11) is -3.82. The molecule has 4 aromatic rings. The lowest BCUT2D eigenvalue weighted by molar-refractivity contribution is -0.0436. The van der Waals surface area contributed by atoms with E-state index in [1.54, 1.807) is 13.2 Å². The fraction of sp³-hybridized carbons (Fsp3) is 0.143. The maximum Gasteiger partial charge on any atom is 0.501 e. The standard InChI is InChI=1S/C21H17F3N4O4S/c1-25-18-10-26-17-5-3-2-4-15(17)16(18)11-27-12-19(29)28(20(27)30)13-6-8-14(9-7-13)33(31,32)21(22,23)24/h2-10,12,25,29H,11H2,1H3. The minimum atomic E-state index is -5.53. The van der Waals surface area contributed by atoms with E-state index in [0.29, 0.717) is 11.2 Å². The van der Waals surface area contributed by atoms with Gasteiger partial charge in [0.25, 0.3) is 9.84 Å². The van der Waals surface area contributed by atoms with Crippen LogP contribution in [0.25, 0.3) is 16.6 Å². The molecule has 2 N–H and O–H groups in total. The molecule has 0 aliphatic heterocycles. The Kier molecular flexibility index (Phi) is 5.40. The molecular formula is C21H17F3N4O4S. The van der Waals surface area contributed by atoms with Crippen LogP contribution >= 0.6 is 0 Å². The van der Waals surface area contributed by atoms with Gasteiger partial charge in [-0.1, -0.05) is 18.2 Å². The van der Waals surface area contributed by atoms with E-state index in [9.17, 15) is 31.5 Å². The number of nitrogens with zero attached hydrogens (tertiary/aromatic N) is 3. The number of benzene rings is 2. The molecule has 0 amide bonds. The third-order valence-corrected chi connectivity index (χ3v) is 6.63. The molecule has 12 heteroatoms. The monoisotopic (exact) mass is 478 g/mol. The van der Waals surface area contributed by atoms with Gasteiger partial charge in [-0.2, -0.15) is 13.2 Å². The average molecular weight is 478 g/mol. The summed E-state index contributed by atoms with van der Waals surface area (Å²) in [6, 6.07) is 10.8. The van der Waals surface area contributed by atoms with Gasteiger partial charge in [0.2, 0.25) is 5.88 Å². The van der Waals surface area contributed by atoms with Crippen molar-refractivity contribution in [1.29, 1.82) is 0 Å². The zero-order chi connectivity index (χ0) is 24.0. The molecule has 2 heterocycles. The van der Waals surface area contributed by atoms with Crippen LogP contribution in [0.4, 0.5) is 18.9 Å². The van der Waals surface area contributed by atoms with E-state index in [4.69, 9.17) is 0 Å². The molecule has 0 atom stereocenters. The van der Waals surface area contributed by atoms with Gasteiger partial charge in [-0.3, -0.25) is 9.55 Å². The number of anilines is 1. The number of aromatic hydroxyl groups is 1. The van der Waals surface area contributed by atoms with E-state index < -0.39 is 31.8 Å². The highest BCUT2D eigenvalue weighted by Crippen LogP contribution is 2.31. The minimum Gasteiger partial charge on any atom is -0.493 e. The summed E-state index contributed by atoms with van der Waals surface area (Å²) < 4.78 is 63.5. The van der Waals surface area contributed by atoms with Crippen LogP contribution in [-0.4, -0.2) is 40.2 Å². The Morgan fingerprint density at radius 2 is 1.76 bits per heavy atom. The van der Waals surface area contributed by atoms with Crippen molar-refractivity contribution in [1.82, 2.24) is 14.1 Å². The molecule has 2 aromatic carbocycles. The molecule has 0 saturated heterocycles. The first-order valence-corrected chi connectivity index (χ1v) is 11.0. The zero-order valence-corrected chi connectivity index (χ0v) is 17.9. The van der Waals surface area contributed by atoms with Crippen molar-refractivity contribution in [2.45, 2.75) is 16.9 Å². The molecule has 0 bridgehead atoms. The van der Waals surface area contributed by atoms with Crippen LogP contribution < -0.4 is 11.0 Å². The molecule has 0 fully saturated rings. The van der Waals surface area contributed by atoms with Crippen molar-refractivity contribution in [3.8, 4) is 11.6 Å². The number of rotatable bonds is 5. The lowest BCUT2D eigenvalue weighted by Crippen LogP contribution is -2.24. The molecule has 8 nitrogen and oxygen atoms in total. The lowest BCUT2D eigenvalue weighted by Gasteiger charge is -2.12. The molecule has 0 aliphatic rings. The molecule has 0 radical (unpaired) electrons. The van der Waals surface area contributed by atoms with Crippen LogP contribution in [0.5, 0.6) is 5.88 Å². The van der Waals surface area contributed by atoms with E-state index in [1.807, 2.05) is 24.3 Å². The van der Waals surface area contributed by atoms with E-state index in [0.717, 1.165) is 39.8 Å². The number of sulfone groups is 1. The van der Waals surface area contributed by atoms with Crippen LogP contribution in [0.1, 0.15) is 5.56 Å². The van der Waals surface area contributed by atoms with E-state index in [1.165, 1.54) is 10.8 Å². The van der Waals surface area contributed by atoms with Crippen LogP contribution in [0.3, 0.4) is 0 Å². The summed E-state index contributed by atoms with van der Waals surface area (Å²) in [4.78, 5) is 16.4. The third-order valence-electron chi connectivity index (χ3n) is 5.13. The number of hydrogen-bond acceptors (Lipinski definition) is 6. The van der Waals surface area contributed by atoms with Gasteiger partial charge >= 0.3 is 11.2 Å².